The largest absolute Gasteiger partial charge is 0.481 e. The average molecular weight is 215 g/mol. The van der Waals surface area contributed by atoms with Gasteiger partial charge < -0.3 is 10.0 Å². The van der Waals surface area contributed by atoms with E-state index in [4.69, 9.17) is 5.11 Å². The Morgan fingerprint density at radius 2 is 1.87 bits per heavy atom. The van der Waals surface area contributed by atoms with E-state index in [1.165, 1.54) is 0 Å². The first kappa shape index (κ1) is 14.4. The first-order valence-corrected chi connectivity index (χ1v) is 5.94. The monoisotopic (exact) mass is 215 g/mol. The summed E-state index contributed by atoms with van der Waals surface area (Å²) in [6.07, 6.45) is 2.07. The molecule has 0 saturated heterocycles. The summed E-state index contributed by atoms with van der Waals surface area (Å²) >= 11 is 0. The van der Waals surface area contributed by atoms with Gasteiger partial charge in [-0.2, -0.15) is 0 Å². The van der Waals surface area contributed by atoms with Crippen molar-refractivity contribution in [2.45, 2.75) is 53.0 Å². The highest BCUT2D eigenvalue weighted by molar-refractivity contribution is 5.66. The number of carbonyl (C=O) groups is 1. The molecule has 0 heterocycles. The quantitative estimate of drug-likeness (QED) is 0.633. The maximum Gasteiger partial charge on any atom is 0.303 e. The van der Waals surface area contributed by atoms with Crippen molar-refractivity contribution in [3.8, 4) is 0 Å². The summed E-state index contributed by atoms with van der Waals surface area (Å²) in [4.78, 5) is 12.8. The molecular weight excluding hydrogens is 190 g/mol. The number of hydrogen-bond acceptors (Lipinski definition) is 2. The first-order chi connectivity index (χ1) is 6.99. The van der Waals surface area contributed by atoms with Crippen molar-refractivity contribution in [1.29, 1.82) is 0 Å². The SMILES string of the molecule is CCN(CCCCC(=O)O)C(C)C(C)C. The van der Waals surface area contributed by atoms with Gasteiger partial charge in [-0.25, -0.2) is 0 Å². The number of unbranched alkanes of at least 4 members (excludes halogenated alkanes) is 1. The van der Waals surface area contributed by atoms with Gasteiger partial charge in [0.15, 0.2) is 0 Å². The van der Waals surface area contributed by atoms with Crippen LogP contribution in [0.4, 0.5) is 0 Å². The van der Waals surface area contributed by atoms with Crippen LogP contribution in [0, 0.1) is 5.92 Å². The second-order valence-electron chi connectivity index (χ2n) is 4.46. The highest BCUT2D eigenvalue weighted by Gasteiger charge is 2.14. The minimum Gasteiger partial charge on any atom is -0.481 e. The third-order valence-electron chi connectivity index (χ3n) is 3.03. The molecule has 1 N–H and O–H groups in total. The summed E-state index contributed by atoms with van der Waals surface area (Å²) in [7, 11) is 0. The third kappa shape index (κ3) is 6.50. The van der Waals surface area contributed by atoms with E-state index in [-0.39, 0.29) is 0 Å². The predicted molar refractivity (Wildman–Crippen MR) is 63.0 cm³/mol. The van der Waals surface area contributed by atoms with E-state index in [2.05, 4.69) is 32.6 Å². The Morgan fingerprint density at radius 1 is 1.27 bits per heavy atom. The first-order valence-electron chi connectivity index (χ1n) is 5.94. The van der Waals surface area contributed by atoms with Gasteiger partial charge in [-0.1, -0.05) is 20.8 Å². The molecule has 0 aromatic carbocycles. The molecule has 0 spiro atoms. The lowest BCUT2D eigenvalue weighted by molar-refractivity contribution is -0.137. The van der Waals surface area contributed by atoms with Crippen LogP contribution in [0.3, 0.4) is 0 Å². The van der Waals surface area contributed by atoms with E-state index >= 15 is 0 Å². The number of carboxylic acids is 1. The molecule has 0 fully saturated rings. The van der Waals surface area contributed by atoms with Crippen LogP contribution in [0.15, 0.2) is 0 Å². The van der Waals surface area contributed by atoms with Crippen molar-refractivity contribution in [3.63, 3.8) is 0 Å². The number of nitrogens with zero attached hydrogens (tertiary/aromatic N) is 1. The molecule has 0 aromatic heterocycles. The van der Waals surface area contributed by atoms with Crippen LogP contribution in [0.1, 0.15) is 47.0 Å². The number of hydrogen-bond donors (Lipinski definition) is 1. The fraction of sp³-hybridized carbons (Fsp3) is 0.917. The summed E-state index contributed by atoms with van der Waals surface area (Å²) in [5.41, 5.74) is 0. The predicted octanol–water partition coefficient (Wildman–Crippen LogP) is 2.61. The number of carboxylic acid groups (broad SMARTS) is 1. The number of aliphatic carboxylic acids is 1. The fourth-order valence-electron chi connectivity index (χ4n) is 1.66. The third-order valence-corrected chi connectivity index (χ3v) is 3.03. The molecule has 90 valence electrons. The van der Waals surface area contributed by atoms with Gasteiger partial charge >= 0.3 is 5.97 Å². The molecule has 1 unspecified atom stereocenters. The summed E-state index contributed by atoms with van der Waals surface area (Å²) in [5, 5.41) is 8.52. The van der Waals surface area contributed by atoms with E-state index in [0.29, 0.717) is 18.4 Å². The Morgan fingerprint density at radius 3 is 2.27 bits per heavy atom. The van der Waals surface area contributed by atoms with Crippen LogP contribution >= 0.6 is 0 Å². The zero-order valence-corrected chi connectivity index (χ0v) is 10.5. The van der Waals surface area contributed by atoms with E-state index in [9.17, 15) is 4.79 Å². The van der Waals surface area contributed by atoms with E-state index in [1.807, 2.05) is 0 Å². The molecule has 3 heteroatoms. The zero-order valence-electron chi connectivity index (χ0n) is 10.5. The van der Waals surface area contributed by atoms with Crippen LogP contribution in [-0.2, 0) is 4.79 Å². The van der Waals surface area contributed by atoms with E-state index < -0.39 is 5.97 Å². The molecule has 0 aliphatic rings. The van der Waals surface area contributed by atoms with Crippen LogP contribution in [-0.4, -0.2) is 35.1 Å². The minimum absolute atomic E-state index is 0.299. The van der Waals surface area contributed by atoms with Crippen molar-refractivity contribution >= 4 is 5.97 Å². The summed E-state index contributed by atoms with van der Waals surface area (Å²) in [5.74, 6) is -0.0284. The summed E-state index contributed by atoms with van der Waals surface area (Å²) < 4.78 is 0. The van der Waals surface area contributed by atoms with E-state index in [0.717, 1.165) is 25.9 Å². The van der Waals surface area contributed by atoms with Gasteiger partial charge in [0, 0.05) is 12.5 Å². The highest BCUT2D eigenvalue weighted by Crippen LogP contribution is 2.11. The second-order valence-corrected chi connectivity index (χ2v) is 4.46. The summed E-state index contributed by atoms with van der Waals surface area (Å²) in [6.45, 7) is 10.9. The minimum atomic E-state index is -0.685. The van der Waals surface area contributed by atoms with Crippen LogP contribution < -0.4 is 0 Å². The van der Waals surface area contributed by atoms with Gasteiger partial charge in [-0.15, -0.1) is 0 Å². The standard InChI is InChI=1S/C12H25NO2/c1-5-13(11(4)10(2)3)9-7-6-8-12(14)15/h10-11H,5-9H2,1-4H3,(H,14,15). The molecule has 3 nitrogen and oxygen atoms in total. The molecule has 0 bridgehead atoms. The van der Waals surface area contributed by atoms with Gasteiger partial charge in [-0.3, -0.25) is 4.79 Å². The van der Waals surface area contributed by atoms with Gasteiger partial charge in [0.2, 0.25) is 0 Å². The topological polar surface area (TPSA) is 40.5 Å². The molecular formula is C12H25NO2. The van der Waals surface area contributed by atoms with Gasteiger partial charge in [-0.05, 0) is 38.8 Å². The van der Waals surface area contributed by atoms with Crippen molar-refractivity contribution < 1.29 is 9.90 Å². The highest BCUT2D eigenvalue weighted by atomic mass is 16.4. The Labute approximate surface area is 93.5 Å². The Hall–Kier alpha value is -0.570. The molecule has 0 aromatic rings. The maximum atomic E-state index is 10.3. The fourth-order valence-corrected chi connectivity index (χ4v) is 1.66. The molecule has 0 saturated carbocycles. The molecule has 0 amide bonds. The Kier molecular flexibility index (Phi) is 7.39. The molecule has 0 radical (unpaired) electrons. The van der Waals surface area contributed by atoms with Gasteiger partial charge in [0.05, 0.1) is 0 Å². The average Bonchev–Trinajstić information content (AvgIpc) is 2.16. The van der Waals surface area contributed by atoms with Gasteiger partial charge in [0.25, 0.3) is 0 Å². The van der Waals surface area contributed by atoms with Crippen LogP contribution in [0.2, 0.25) is 0 Å². The summed E-state index contributed by atoms with van der Waals surface area (Å²) in [6, 6.07) is 0.583. The van der Waals surface area contributed by atoms with Crippen LogP contribution in [0.5, 0.6) is 0 Å². The van der Waals surface area contributed by atoms with Crippen molar-refractivity contribution in [2.75, 3.05) is 13.1 Å². The van der Waals surface area contributed by atoms with Crippen molar-refractivity contribution in [2.24, 2.45) is 5.92 Å². The van der Waals surface area contributed by atoms with Crippen molar-refractivity contribution in [3.05, 3.63) is 0 Å². The second kappa shape index (κ2) is 7.69. The molecule has 0 rings (SSSR count). The lowest BCUT2D eigenvalue weighted by Crippen LogP contribution is -2.37. The normalized spacial score (nSPS) is 13.5. The van der Waals surface area contributed by atoms with Gasteiger partial charge in [0.1, 0.15) is 0 Å². The Balaban J connectivity index is 3.75. The molecule has 0 aliphatic heterocycles. The van der Waals surface area contributed by atoms with E-state index in [1.54, 1.807) is 0 Å². The smallest absolute Gasteiger partial charge is 0.303 e. The zero-order chi connectivity index (χ0) is 11.8. The lowest BCUT2D eigenvalue weighted by Gasteiger charge is -2.30. The molecule has 15 heavy (non-hydrogen) atoms. The maximum absolute atomic E-state index is 10.3. The van der Waals surface area contributed by atoms with Crippen molar-refractivity contribution in [1.82, 2.24) is 4.90 Å². The Bertz CT molecular complexity index is 180. The van der Waals surface area contributed by atoms with Crippen LogP contribution in [0.25, 0.3) is 0 Å². The lowest BCUT2D eigenvalue weighted by atomic mass is 10.0. The number of rotatable bonds is 8. The molecule has 1 atom stereocenters. The molecule has 0 aliphatic carbocycles.